The molecule has 0 bridgehead atoms. The van der Waals surface area contributed by atoms with E-state index < -0.39 is 0 Å². The summed E-state index contributed by atoms with van der Waals surface area (Å²) < 4.78 is 0. The molecule has 0 amide bonds. The minimum Gasteiger partial charge on any atom is -0.261 e. The third-order valence-electron chi connectivity index (χ3n) is 1.27. The molecule has 0 unspecified atom stereocenters. The first-order valence-electron chi connectivity index (χ1n) is 4.10. The molecule has 0 fully saturated rings. The second kappa shape index (κ2) is 5.90. The molecule has 0 aliphatic carbocycles. The van der Waals surface area contributed by atoms with Crippen LogP contribution in [0.25, 0.3) is 0 Å². The van der Waals surface area contributed by atoms with Crippen LogP contribution in [0.4, 0.5) is 0 Å². The molecule has 1 heterocycles. The van der Waals surface area contributed by atoms with E-state index in [1.54, 1.807) is 0 Å². The average Bonchev–Trinajstić information content (AvgIpc) is 1.97. The molecular weight excluding hydrogens is 134 g/mol. The van der Waals surface area contributed by atoms with Crippen LogP contribution in [0, 0.1) is 13.8 Å². The number of pyridine rings is 1. The van der Waals surface area contributed by atoms with Gasteiger partial charge in [-0.05, 0) is 25.5 Å². The number of aromatic nitrogens is 1. The summed E-state index contributed by atoms with van der Waals surface area (Å²) in [7, 11) is 0. The van der Waals surface area contributed by atoms with Gasteiger partial charge < -0.3 is 0 Å². The van der Waals surface area contributed by atoms with E-state index in [9.17, 15) is 0 Å². The fourth-order valence-corrected chi connectivity index (χ4v) is 0.565. The lowest BCUT2D eigenvalue weighted by molar-refractivity contribution is 1.09. The smallest absolute Gasteiger partial charge is 0.0401 e. The SMILES string of the molecule is CCC.Cc1cccnc1C. The highest BCUT2D eigenvalue weighted by Gasteiger charge is 1.85. The monoisotopic (exact) mass is 151 g/mol. The Kier molecular flexibility index (Phi) is 5.44. The van der Waals surface area contributed by atoms with Crippen LogP contribution >= 0.6 is 0 Å². The molecule has 62 valence electrons. The lowest BCUT2D eigenvalue weighted by atomic mass is 10.2. The summed E-state index contributed by atoms with van der Waals surface area (Å²) in [6.45, 7) is 8.32. The Morgan fingerprint density at radius 1 is 1.27 bits per heavy atom. The minimum atomic E-state index is 1.12. The van der Waals surface area contributed by atoms with E-state index in [0.717, 1.165) is 5.69 Å². The molecular formula is C10H17N. The maximum Gasteiger partial charge on any atom is 0.0401 e. The van der Waals surface area contributed by atoms with Crippen molar-refractivity contribution in [2.45, 2.75) is 34.1 Å². The summed E-state index contributed by atoms with van der Waals surface area (Å²) >= 11 is 0. The predicted molar refractivity (Wildman–Crippen MR) is 49.7 cm³/mol. The summed E-state index contributed by atoms with van der Waals surface area (Å²) in [5.41, 5.74) is 2.38. The summed E-state index contributed by atoms with van der Waals surface area (Å²) in [6.07, 6.45) is 3.06. The van der Waals surface area contributed by atoms with Gasteiger partial charge in [0.15, 0.2) is 0 Å². The van der Waals surface area contributed by atoms with Crippen molar-refractivity contribution in [3.63, 3.8) is 0 Å². The van der Waals surface area contributed by atoms with Crippen LogP contribution in [0.2, 0.25) is 0 Å². The zero-order chi connectivity index (χ0) is 8.69. The molecule has 0 spiro atoms. The molecule has 0 atom stereocenters. The molecule has 0 radical (unpaired) electrons. The first kappa shape index (κ1) is 10.2. The number of rotatable bonds is 0. The van der Waals surface area contributed by atoms with E-state index in [0.29, 0.717) is 0 Å². The number of hydrogen-bond donors (Lipinski definition) is 0. The molecule has 0 aliphatic heterocycles. The summed E-state index contributed by atoms with van der Waals surface area (Å²) in [5, 5.41) is 0. The maximum atomic E-state index is 4.08. The van der Waals surface area contributed by atoms with E-state index in [4.69, 9.17) is 0 Å². The van der Waals surface area contributed by atoms with Crippen LogP contribution in [0.15, 0.2) is 18.3 Å². The van der Waals surface area contributed by atoms with Gasteiger partial charge in [0.2, 0.25) is 0 Å². The topological polar surface area (TPSA) is 12.9 Å². The summed E-state index contributed by atoms with van der Waals surface area (Å²) in [4.78, 5) is 4.08. The Morgan fingerprint density at radius 2 is 1.82 bits per heavy atom. The van der Waals surface area contributed by atoms with E-state index >= 15 is 0 Å². The Balaban J connectivity index is 0.000000292. The third kappa shape index (κ3) is 4.54. The van der Waals surface area contributed by atoms with Crippen LogP contribution in [0.3, 0.4) is 0 Å². The second-order valence-electron chi connectivity index (χ2n) is 2.61. The molecule has 0 saturated carbocycles. The number of aryl methyl sites for hydroxylation is 2. The molecule has 0 N–H and O–H groups in total. The average molecular weight is 151 g/mol. The van der Waals surface area contributed by atoms with Crippen molar-refractivity contribution in [1.29, 1.82) is 0 Å². The fraction of sp³-hybridized carbons (Fsp3) is 0.500. The number of hydrogen-bond acceptors (Lipinski definition) is 1. The van der Waals surface area contributed by atoms with E-state index in [1.165, 1.54) is 12.0 Å². The van der Waals surface area contributed by atoms with Crippen molar-refractivity contribution in [2.75, 3.05) is 0 Å². The second-order valence-corrected chi connectivity index (χ2v) is 2.61. The highest BCUT2D eigenvalue weighted by atomic mass is 14.6. The van der Waals surface area contributed by atoms with Gasteiger partial charge in [0.1, 0.15) is 0 Å². The van der Waals surface area contributed by atoms with Crippen LogP contribution in [0.1, 0.15) is 31.5 Å². The first-order valence-corrected chi connectivity index (χ1v) is 4.10. The van der Waals surface area contributed by atoms with Crippen molar-refractivity contribution >= 4 is 0 Å². The van der Waals surface area contributed by atoms with Gasteiger partial charge in [-0.25, -0.2) is 0 Å². The molecule has 1 aromatic heterocycles. The lowest BCUT2D eigenvalue weighted by Gasteiger charge is -1.92. The number of nitrogens with zero attached hydrogens (tertiary/aromatic N) is 1. The molecule has 0 saturated heterocycles. The zero-order valence-electron chi connectivity index (χ0n) is 7.89. The molecule has 1 rings (SSSR count). The quantitative estimate of drug-likeness (QED) is 0.555. The van der Waals surface area contributed by atoms with Crippen LogP contribution in [-0.4, -0.2) is 4.98 Å². The summed E-state index contributed by atoms with van der Waals surface area (Å²) in [5.74, 6) is 0. The van der Waals surface area contributed by atoms with E-state index in [2.05, 4.69) is 31.8 Å². The van der Waals surface area contributed by atoms with Gasteiger partial charge in [0.05, 0.1) is 0 Å². The van der Waals surface area contributed by atoms with Crippen molar-refractivity contribution in [3.8, 4) is 0 Å². The van der Waals surface area contributed by atoms with Crippen LogP contribution in [-0.2, 0) is 0 Å². The standard InChI is InChI=1S/C7H9N.C3H8/c1-6-4-3-5-8-7(6)2;1-3-2/h3-5H,1-2H3;3H2,1-2H3. The maximum absolute atomic E-state index is 4.08. The Hall–Kier alpha value is -0.850. The lowest BCUT2D eigenvalue weighted by Crippen LogP contribution is -1.81. The van der Waals surface area contributed by atoms with Gasteiger partial charge in [-0.2, -0.15) is 0 Å². The fourth-order valence-electron chi connectivity index (χ4n) is 0.565. The van der Waals surface area contributed by atoms with Crippen LogP contribution < -0.4 is 0 Å². The van der Waals surface area contributed by atoms with Crippen molar-refractivity contribution in [3.05, 3.63) is 29.6 Å². The van der Waals surface area contributed by atoms with Gasteiger partial charge >= 0.3 is 0 Å². The molecule has 1 heteroatoms. The summed E-state index contributed by atoms with van der Waals surface area (Å²) in [6, 6.07) is 4.00. The first-order chi connectivity index (χ1) is 5.22. The van der Waals surface area contributed by atoms with E-state index in [1.807, 2.05) is 19.2 Å². The normalized spacial score (nSPS) is 8.36. The Bertz CT molecular complexity index is 173. The van der Waals surface area contributed by atoms with Gasteiger partial charge in [0.25, 0.3) is 0 Å². The largest absolute Gasteiger partial charge is 0.261 e. The molecule has 1 nitrogen and oxygen atoms in total. The third-order valence-corrected chi connectivity index (χ3v) is 1.27. The Labute approximate surface area is 69.5 Å². The highest BCUT2D eigenvalue weighted by Crippen LogP contribution is 1.98. The Morgan fingerprint density at radius 3 is 2.09 bits per heavy atom. The van der Waals surface area contributed by atoms with Crippen molar-refractivity contribution < 1.29 is 0 Å². The molecule has 1 aromatic rings. The predicted octanol–water partition coefficient (Wildman–Crippen LogP) is 3.11. The van der Waals surface area contributed by atoms with Gasteiger partial charge in [0, 0.05) is 11.9 Å². The van der Waals surface area contributed by atoms with E-state index in [-0.39, 0.29) is 0 Å². The van der Waals surface area contributed by atoms with Crippen molar-refractivity contribution in [1.82, 2.24) is 4.98 Å². The van der Waals surface area contributed by atoms with Gasteiger partial charge in [-0.3, -0.25) is 4.98 Å². The van der Waals surface area contributed by atoms with Gasteiger partial charge in [-0.15, -0.1) is 0 Å². The zero-order valence-corrected chi connectivity index (χ0v) is 7.89. The van der Waals surface area contributed by atoms with Crippen LogP contribution in [0.5, 0.6) is 0 Å². The molecule has 0 aliphatic rings. The molecule has 0 aromatic carbocycles. The van der Waals surface area contributed by atoms with Gasteiger partial charge in [-0.1, -0.05) is 26.3 Å². The minimum absolute atomic E-state index is 1.12. The highest BCUT2D eigenvalue weighted by molar-refractivity contribution is 5.15. The molecule has 11 heavy (non-hydrogen) atoms. The van der Waals surface area contributed by atoms with Crippen molar-refractivity contribution in [2.24, 2.45) is 0 Å².